The normalized spacial score (nSPS) is 15.8. The summed E-state index contributed by atoms with van der Waals surface area (Å²) in [5.41, 5.74) is 2.19. The molecule has 0 atom stereocenters. The number of nitrogens with one attached hydrogen (secondary N) is 1. The van der Waals surface area contributed by atoms with Crippen molar-refractivity contribution < 1.29 is 4.52 Å². The number of aryl methyl sites for hydroxylation is 2. The van der Waals surface area contributed by atoms with Gasteiger partial charge in [-0.3, -0.25) is 4.79 Å². The predicted octanol–water partition coefficient (Wildman–Crippen LogP) is 2.83. The van der Waals surface area contributed by atoms with Crippen LogP contribution in [0.2, 0.25) is 0 Å². The van der Waals surface area contributed by atoms with E-state index >= 15 is 0 Å². The molecule has 1 fully saturated rings. The smallest absolute Gasteiger partial charge is 0.254 e. The molecule has 128 valence electrons. The Bertz CT molecular complexity index is 955. The zero-order chi connectivity index (χ0) is 17.4. The minimum absolute atomic E-state index is 0.147. The molecule has 2 aromatic heterocycles. The van der Waals surface area contributed by atoms with Gasteiger partial charge in [0.05, 0.1) is 11.8 Å². The number of hydrogen-bond acceptors (Lipinski definition) is 5. The van der Waals surface area contributed by atoms with Gasteiger partial charge in [-0.25, -0.2) is 4.98 Å². The minimum Gasteiger partial charge on any atom is -0.339 e. The predicted molar refractivity (Wildman–Crippen MR) is 92.5 cm³/mol. The van der Waals surface area contributed by atoms with Crippen molar-refractivity contribution in [3.63, 3.8) is 0 Å². The van der Waals surface area contributed by atoms with E-state index in [1.165, 1.54) is 5.56 Å². The van der Waals surface area contributed by atoms with Crippen LogP contribution in [0, 0.1) is 13.8 Å². The van der Waals surface area contributed by atoms with E-state index in [1.807, 2.05) is 25.1 Å². The summed E-state index contributed by atoms with van der Waals surface area (Å²) < 4.78 is 5.47. The Hall–Kier alpha value is -2.76. The van der Waals surface area contributed by atoms with Gasteiger partial charge in [0, 0.05) is 11.3 Å². The summed E-state index contributed by atoms with van der Waals surface area (Å²) in [6, 6.07) is 10.3. The van der Waals surface area contributed by atoms with Gasteiger partial charge in [-0.15, -0.1) is 0 Å². The molecule has 4 rings (SSSR count). The highest BCUT2D eigenvalue weighted by Crippen LogP contribution is 2.47. The number of aromatic nitrogens is 4. The largest absolute Gasteiger partial charge is 0.339 e. The summed E-state index contributed by atoms with van der Waals surface area (Å²) in [5, 5.41) is 4.24. The first-order valence-corrected chi connectivity index (χ1v) is 8.53. The molecule has 1 aliphatic rings. The maximum Gasteiger partial charge on any atom is 0.254 e. The lowest BCUT2D eigenvalue weighted by Crippen LogP contribution is -2.36. The maximum atomic E-state index is 12.2. The number of hydrogen-bond donors (Lipinski definition) is 1. The van der Waals surface area contributed by atoms with Crippen molar-refractivity contribution in [1.82, 2.24) is 20.1 Å². The lowest BCUT2D eigenvalue weighted by molar-refractivity contribution is 0.271. The van der Waals surface area contributed by atoms with Crippen LogP contribution in [0.3, 0.4) is 0 Å². The number of nitrogens with zero attached hydrogens (tertiary/aromatic N) is 3. The molecule has 0 spiro atoms. The van der Waals surface area contributed by atoms with E-state index in [0.29, 0.717) is 35.2 Å². The monoisotopic (exact) mass is 336 g/mol. The molecule has 3 aromatic rings. The third-order valence-electron chi connectivity index (χ3n) is 5.10. The van der Waals surface area contributed by atoms with E-state index in [4.69, 9.17) is 4.52 Å². The average Bonchev–Trinajstić information content (AvgIpc) is 3.00. The molecule has 1 saturated carbocycles. The molecule has 25 heavy (non-hydrogen) atoms. The maximum absolute atomic E-state index is 12.2. The van der Waals surface area contributed by atoms with E-state index < -0.39 is 0 Å². The van der Waals surface area contributed by atoms with E-state index in [2.05, 4.69) is 32.2 Å². The fourth-order valence-electron chi connectivity index (χ4n) is 3.56. The van der Waals surface area contributed by atoms with Gasteiger partial charge in [-0.1, -0.05) is 41.9 Å². The summed E-state index contributed by atoms with van der Waals surface area (Å²) in [4.78, 5) is 23.8. The Morgan fingerprint density at radius 2 is 1.92 bits per heavy atom. The SMILES string of the molecule is Cc1nc(C)c(Cc2nc(C3(c4ccccc4)CCC3)no2)c(=O)[nH]1. The summed E-state index contributed by atoms with van der Waals surface area (Å²) in [6.07, 6.45) is 3.48. The van der Waals surface area contributed by atoms with Crippen LogP contribution in [0.25, 0.3) is 0 Å². The Morgan fingerprint density at radius 3 is 2.56 bits per heavy atom. The van der Waals surface area contributed by atoms with E-state index in [9.17, 15) is 4.79 Å². The minimum atomic E-state index is -0.157. The second kappa shape index (κ2) is 5.95. The molecular weight excluding hydrogens is 316 g/mol. The Morgan fingerprint density at radius 1 is 1.16 bits per heavy atom. The third-order valence-corrected chi connectivity index (χ3v) is 5.10. The number of aromatic amines is 1. The first-order valence-electron chi connectivity index (χ1n) is 8.53. The summed E-state index contributed by atoms with van der Waals surface area (Å²) in [7, 11) is 0. The molecule has 0 amide bonds. The van der Waals surface area contributed by atoms with Crippen molar-refractivity contribution >= 4 is 0 Å². The van der Waals surface area contributed by atoms with Crippen LogP contribution in [0.15, 0.2) is 39.6 Å². The van der Waals surface area contributed by atoms with Crippen molar-refractivity contribution in [2.24, 2.45) is 0 Å². The van der Waals surface area contributed by atoms with Gasteiger partial charge >= 0.3 is 0 Å². The molecule has 1 N–H and O–H groups in total. The Labute approximate surface area is 145 Å². The molecule has 0 saturated heterocycles. The first-order chi connectivity index (χ1) is 12.1. The van der Waals surface area contributed by atoms with E-state index in [1.54, 1.807) is 6.92 Å². The molecule has 2 heterocycles. The molecule has 0 unspecified atom stereocenters. The quantitative estimate of drug-likeness (QED) is 0.792. The molecular formula is C19H20N4O2. The van der Waals surface area contributed by atoms with Crippen LogP contribution in [0.1, 0.15) is 53.6 Å². The van der Waals surface area contributed by atoms with Crippen molar-refractivity contribution in [1.29, 1.82) is 0 Å². The van der Waals surface area contributed by atoms with Crippen LogP contribution in [-0.4, -0.2) is 20.1 Å². The zero-order valence-corrected chi connectivity index (χ0v) is 14.4. The summed E-state index contributed by atoms with van der Waals surface area (Å²) in [5.74, 6) is 1.78. The van der Waals surface area contributed by atoms with Crippen LogP contribution in [-0.2, 0) is 11.8 Å². The van der Waals surface area contributed by atoms with E-state index in [-0.39, 0.29) is 11.0 Å². The van der Waals surface area contributed by atoms with Gasteiger partial charge in [0.25, 0.3) is 5.56 Å². The van der Waals surface area contributed by atoms with E-state index in [0.717, 1.165) is 19.3 Å². The lowest BCUT2D eigenvalue weighted by Gasteiger charge is -2.39. The lowest BCUT2D eigenvalue weighted by atomic mass is 9.64. The first kappa shape index (κ1) is 15.7. The van der Waals surface area contributed by atoms with Gasteiger partial charge in [-0.2, -0.15) is 4.98 Å². The molecule has 6 heteroatoms. The van der Waals surface area contributed by atoms with Crippen molar-refractivity contribution in [3.05, 3.63) is 75.0 Å². The Balaban J connectivity index is 1.66. The topological polar surface area (TPSA) is 84.7 Å². The van der Waals surface area contributed by atoms with Crippen molar-refractivity contribution in [2.75, 3.05) is 0 Å². The van der Waals surface area contributed by atoms with Crippen LogP contribution < -0.4 is 5.56 Å². The fraction of sp³-hybridized carbons (Fsp3) is 0.368. The second-order valence-corrected chi connectivity index (χ2v) is 6.71. The highest BCUT2D eigenvalue weighted by molar-refractivity contribution is 5.35. The number of benzene rings is 1. The average molecular weight is 336 g/mol. The Kier molecular flexibility index (Phi) is 3.75. The summed E-state index contributed by atoms with van der Waals surface area (Å²) >= 11 is 0. The van der Waals surface area contributed by atoms with Gasteiger partial charge in [0.15, 0.2) is 5.82 Å². The number of rotatable bonds is 4. The standard InChI is InChI=1S/C19H20N4O2/c1-12-15(17(24)21-13(2)20-12)11-16-22-18(23-25-16)19(9-6-10-19)14-7-4-3-5-8-14/h3-5,7-8H,6,9-11H2,1-2H3,(H,20,21,24). The summed E-state index contributed by atoms with van der Waals surface area (Å²) in [6.45, 7) is 3.59. The van der Waals surface area contributed by atoms with Gasteiger partial charge in [-0.05, 0) is 32.3 Å². The van der Waals surface area contributed by atoms with Crippen LogP contribution in [0.4, 0.5) is 0 Å². The number of H-pyrrole nitrogens is 1. The molecule has 1 aliphatic carbocycles. The van der Waals surface area contributed by atoms with Crippen LogP contribution in [0.5, 0.6) is 0 Å². The highest BCUT2D eigenvalue weighted by Gasteiger charge is 2.44. The molecule has 0 radical (unpaired) electrons. The third kappa shape index (κ3) is 2.67. The van der Waals surface area contributed by atoms with Crippen LogP contribution >= 0.6 is 0 Å². The molecule has 1 aromatic carbocycles. The zero-order valence-electron chi connectivity index (χ0n) is 14.4. The molecule has 0 aliphatic heterocycles. The highest BCUT2D eigenvalue weighted by atomic mass is 16.5. The second-order valence-electron chi connectivity index (χ2n) is 6.71. The van der Waals surface area contributed by atoms with Gasteiger partial charge in [0.2, 0.25) is 5.89 Å². The molecule has 0 bridgehead atoms. The van der Waals surface area contributed by atoms with Crippen molar-refractivity contribution in [3.8, 4) is 0 Å². The van der Waals surface area contributed by atoms with Crippen molar-refractivity contribution in [2.45, 2.75) is 44.9 Å². The fourth-order valence-corrected chi connectivity index (χ4v) is 3.56. The van der Waals surface area contributed by atoms with Gasteiger partial charge < -0.3 is 9.51 Å². The van der Waals surface area contributed by atoms with Gasteiger partial charge in [0.1, 0.15) is 5.82 Å². The molecule has 6 nitrogen and oxygen atoms in total.